The van der Waals surface area contributed by atoms with Gasteiger partial charge in [-0.1, -0.05) is 0 Å². The molecule has 0 atom stereocenters. The molecule has 0 saturated carbocycles. The Morgan fingerprint density at radius 1 is 1.47 bits per heavy atom. The molecule has 1 aromatic carbocycles. The van der Waals surface area contributed by atoms with Crippen molar-refractivity contribution in [3.8, 4) is 0 Å². The highest BCUT2D eigenvalue weighted by molar-refractivity contribution is 7.09. The normalized spacial score (nSPS) is 11.0. The lowest BCUT2D eigenvalue weighted by Crippen LogP contribution is -2.00. The average Bonchev–Trinajstić information content (AvgIpc) is 2.98. The molecule has 0 saturated heterocycles. The highest BCUT2D eigenvalue weighted by Gasteiger charge is 2.11. The number of benzene rings is 1. The second kappa shape index (κ2) is 4.47. The highest BCUT2D eigenvalue weighted by atomic mass is 32.1. The van der Waals surface area contributed by atoms with Crippen molar-refractivity contribution in [3.63, 3.8) is 0 Å². The van der Waals surface area contributed by atoms with Crippen molar-refractivity contribution in [1.82, 2.24) is 14.5 Å². The van der Waals surface area contributed by atoms with Crippen LogP contribution in [0.25, 0.3) is 11.0 Å². The first-order chi connectivity index (χ1) is 9.15. The SMILES string of the molecule is Cc1nc2cc(C(=O)O)ccc2n1Cc1cncs1. The number of aromatic nitrogens is 3. The Bertz CT molecular complexity index is 747. The molecular formula is C13H11N3O2S. The summed E-state index contributed by atoms with van der Waals surface area (Å²) >= 11 is 1.59. The number of carboxylic acid groups (broad SMARTS) is 1. The van der Waals surface area contributed by atoms with Gasteiger partial charge in [-0.05, 0) is 25.1 Å². The second-order valence-electron chi connectivity index (χ2n) is 4.22. The van der Waals surface area contributed by atoms with E-state index < -0.39 is 5.97 Å². The molecule has 0 spiro atoms. The Balaban J connectivity index is 2.09. The Kier molecular flexibility index (Phi) is 2.79. The number of imidazole rings is 1. The molecule has 0 aliphatic rings. The minimum absolute atomic E-state index is 0.259. The summed E-state index contributed by atoms with van der Waals surface area (Å²) in [7, 11) is 0. The lowest BCUT2D eigenvalue weighted by molar-refractivity contribution is 0.0697. The molecule has 0 bridgehead atoms. The van der Waals surface area contributed by atoms with E-state index in [9.17, 15) is 4.79 Å². The Labute approximate surface area is 113 Å². The van der Waals surface area contributed by atoms with E-state index in [1.807, 2.05) is 13.1 Å². The summed E-state index contributed by atoms with van der Waals surface area (Å²) in [6.07, 6.45) is 1.83. The van der Waals surface area contributed by atoms with E-state index in [0.29, 0.717) is 12.1 Å². The number of thiazole rings is 1. The summed E-state index contributed by atoms with van der Waals surface area (Å²) in [4.78, 5) is 20.6. The maximum Gasteiger partial charge on any atom is 0.335 e. The lowest BCUT2D eigenvalue weighted by atomic mass is 10.2. The molecule has 2 aromatic heterocycles. The van der Waals surface area contributed by atoms with Gasteiger partial charge in [-0.15, -0.1) is 11.3 Å². The van der Waals surface area contributed by atoms with Crippen LogP contribution < -0.4 is 0 Å². The van der Waals surface area contributed by atoms with Crippen LogP contribution in [0.2, 0.25) is 0 Å². The van der Waals surface area contributed by atoms with Gasteiger partial charge in [0, 0.05) is 11.1 Å². The predicted octanol–water partition coefficient (Wildman–Crippen LogP) is 2.55. The minimum Gasteiger partial charge on any atom is -0.478 e. The molecule has 0 unspecified atom stereocenters. The minimum atomic E-state index is -0.934. The van der Waals surface area contributed by atoms with Gasteiger partial charge in [-0.25, -0.2) is 9.78 Å². The molecule has 0 radical (unpaired) electrons. The Hall–Kier alpha value is -2.21. The van der Waals surface area contributed by atoms with Crippen LogP contribution in [0.15, 0.2) is 29.9 Å². The number of nitrogens with zero attached hydrogens (tertiary/aromatic N) is 3. The number of carboxylic acids is 1. The van der Waals surface area contributed by atoms with E-state index in [4.69, 9.17) is 5.11 Å². The third-order valence-electron chi connectivity index (χ3n) is 2.98. The molecule has 96 valence electrons. The van der Waals surface area contributed by atoms with E-state index in [1.54, 1.807) is 35.0 Å². The molecule has 0 aliphatic carbocycles. The van der Waals surface area contributed by atoms with Gasteiger partial charge in [-0.3, -0.25) is 4.98 Å². The fraction of sp³-hybridized carbons (Fsp3) is 0.154. The van der Waals surface area contributed by atoms with Crippen molar-refractivity contribution in [2.45, 2.75) is 13.5 Å². The van der Waals surface area contributed by atoms with Gasteiger partial charge < -0.3 is 9.67 Å². The predicted molar refractivity (Wildman–Crippen MR) is 72.6 cm³/mol. The summed E-state index contributed by atoms with van der Waals surface area (Å²) in [5.74, 6) is -0.0671. The molecule has 0 amide bonds. The summed E-state index contributed by atoms with van der Waals surface area (Å²) in [5.41, 5.74) is 3.71. The fourth-order valence-corrected chi connectivity index (χ4v) is 2.64. The van der Waals surface area contributed by atoms with Gasteiger partial charge in [-0.2, -0.15) is 0 Å². The topological polar surface area (TPSA) is 68.0 Å². The smallest absolute Gasteiger partial charge is 0.335 e. The van der Waals surface area contributed by atoms with E-state index in [1.165, 1.54) is 0 Å². The van der Waals surface area contributed by atoms with Gasteiger partial charge >= 0.3 is 5.97 Å². The zero-order valence-corrected chi connectivity index (χ0v) is 11.0. The molecule has 3 aromatic rings. The first-order valence-electron chi connectivity index (χ1n) is 5.72. The van der Waals surface area contributed by atoms with Crippen LogP contribution in [-0.4, -0.2) is 25.6 Å². The Morgan fingerprint density at radius 3 is 3.00 bits per heavy atom. The van der Waals surface area contributed by atoms with Gasteiger partial charge in [0.2, 0.25) is 0 Å². The first kappa shape index (κ1) is 11.9. The van der Waals surface area contributed by atoms with E-state index >= 15 is 0 Å². The summed E-state index contributed by atoms with van der Waals surface area (Å²) in [6, 6.07) is 5.02. The van der Waals surface area contributed by atoms with Crippen molar-refractivity contribution in [1.29, 1.82) is 0 Å². The number of aromatic carboxylic acids is 1. The van der Waals surface area contributed by atoms with E-state index in [0.717, 1.165) is 16.2 Å². The molecule has 5 nitrogen and oxygen atoms in total. The molecule has 3 rings (SSSR count). The van der Waals surface area contributed by atoms with Gasteiger partial charge in [0.05, 0.1) is 28.7 Å². The maximum absolute atomic E-state index is 11.0. The van der Waals surface area contributed by atoms with Gasteiger partial charge in [0.1, 0.15) is 5.82 Å². The van der Waals surface area contributed by atoms with Crippen LogP contribution in [0.3, 0.4) is 0 Å². The van der Waals surface area contributed by atoms with Crippen LogP contribution in [0.4, 0.5) is 0 Å². The average molecular weight is 273 g/mol. The largest absolute Gasteiger partial charge is 0.478 e. The van der Waals surface area contributed by atoms with Crippen molar-refractivity contribution < 1.29 is 9.90 Å². The fourth-order valence-electron chi connectivity index (χ4n) is 2.06. The first-order valence-corrected chi connectivity index (χ1v) is 6.60. The van der Waals surface area contributed by atoms with Crippen LogP contribution in [0, 0.1) is 6.92 Å². The van der Waals surface area contributed by atoms with Crippen molar-refractivity contribution in [2.75, 3.05) is 0 Å². The third-order valence-corrected chi connectivity index (χ3v) is 3.75. The van der Waals surface area contributed by atoms with Gasteiger partial charge in [0.15, 0.2) is 0 Å². The Morgan fingerprint density at radius 2 is 2.32 bits per heavy atom. The third kappa shape index (κ3) is 2.10. The molecule has 6 heteroatoms. The molecule has 0 fully saturated rings. The standard InChI is InChI=1S/C13H11N3O2S/c1-8-15-11-4-9(13(17)18)2-3-12(11)16(8)6-10-5-14-7-19-10/h2-5,7H,6H2,1H3,(H,17,18). The maximum atomic E-state index is 11.0. The quantitative estimate of drug-likeness (QED) is 0.796. The van der Waals surface area contributed by atoms with Crippen LogP contribution in [0.5, 0.6) is 0 Å². The monoisotopic (exact) mass is 273 g/mol. The molecule has 19 heavy (non-hydrogen) atoms. The van der Waals surface area contributed by atoms with Crippen molar-refractivity contribution >= 4 is 28.3 Å². The second-order valence-corrected chi connectivity index (χ2v) is 5.19. The number of hydrogen-bond acceptors (Lipinski definition) is 4. The number of rotatable bonds is 3. The van der Waals surface area contributed by atoms with Crippen molar-refractivity contribution in [3.05, 3.63) is 46.2 Å². The van der Waals surface area contributed by atoms with E-state index in [-0.39, 0.29) is 5.56 Å². The van der Waals surface area contributed by atoms with Gasteiger partial charge in [0.25, 0.3) is 0 Å². The van der Waals surface area contributed by atoms with Crippen LogP contribution in [0.1, 0.15) is 21.1 Å². The van der Waals surface area contributed by atoms with E-state index in [2.05, 4.69) is 14.5 Å². The number of fused-ring (bicyclic) bond motifs is 1. The molecule has 0 aliphatic heterocycles. The van der Waals surface area contributed by atoms with Crippen LogP contribution in [-0.2, 0) is 6.54 Å². The number of carbonyl (C=O) groups is 1. The number of hydrogen-bond donors (Lipinski definition) is 1. The summed E-state index contributed by atoms with van der Waals surface area (Å²) in [5, 5.41) is 8.99. The zero-order chi connectivity index (χ0) is 13.4. The summed E-state index contributed by atoms with van der Waals surface area (Å²) < 4.78 is 2.06. The lowest BCUT2D eigenvalue weighted by Gasteiger charge is -2.04. The van der Waals surface area contributed by atoms with Crippen molar-refractivity contribution in [2.24, 2.45) is 0 Å². The molecular weight excluding hydrogens is 262 g/mol. The van der Waals surface area contributed by atoms with Crippen LogP contribution >= 0.6 is 11.3 Å². The molecule has 1 N–H and O–H groups in total. The summed E-state index contributed by atoms with van der Waals surface area (Å²) in [6.45, 7) is 2.63. The zero-order valence-electron chi connectivity index (χ0n) is 10.2. The highest BCUT2D eigenvalue weighted by Crippen LogP contribution is 2.20. The molecule has 2 heterocycles. The number of aryl methyl sites for hydroxylation is 1.